The summed E-state index contributed by atoms with van der Waals surface area (Å²) in [5.74, 6) is 5.35. The number of nitrogens with two attached hydrogens (primary N) is 2. The number of ether oxygens (including phenoxy) is 6. The monoisotopic (exact) mass is 805 g/mol. The SMILES string of the molecule is CCOc1nc2cccc(C(=O)OC(C)OC(=O)OC3CCCCC3)c2n1Cc1ccc(-c2ccccc2/C(N)=N/N(N)C(C)OC(=O)OCCCO[N+](=O)[O-])cc1. The molecule has 5 rings (SSSR count). The van der Waals surface area contributed by atoms with Crippen LogP contribution in [0, 0.1) is 10.1 Å². The first kappa shape index (κ1) is 42.5. The molecule has 3 aromatic carbocycles. The third-order valence-electron chi connectivity index (χ3n) is 8.95. The van der Waals surface area contributed by atoms with Gasteiger partial charge < -0.3 is 39.0 Å². The fourth-order valence-corrected chi connectivity index (χ4v) is 6.21. The minimum atomic E-state index is -1.20. The number of hydrazine groups is 1. The number of rotatable bonds is 18. The Hall–Kier alpha value is -6.63. The minimum absolute atomic E-state index is 0.0365. The quantitative estimate of drug-likeness (QED) is 0.0134. The van der Waals surface area contributed by atoms with Crippen LogP contribution in [0.4, 0.5) is 9.59 Å². The molecule has 1 aliphatic carbocycles. The zero-order chi connectivity index (χ0) is 41.6. The lowest BCUT2D eigenvalue weighted by Gasteiger charge is -2.22. The zero-order valence-corrected chi connectivity index (χ0v) is 32.4. The number of hydrazone groups is 1. The average Bonchev–Trinajstić information content (AvgIpc) is 3.54. The van der Waals surface area contributed by atoms with Crippen LogP contribution in [0.1, 0.15) is 80.8 Å². The Balaban J connectivity index is 1.28. The van der Waals surface area contributed by atoms with Gasteiger partial charge in [-0.25, -0.2) is 20.2 Å². The lowest BCUT2D eigenvalue weighted by molar-refractivity contribution is -0.757. The summed E-state index contributed by atoms with van der Waals surface area (Å²) in [7, 11) is 0. The molecular formula is C39H47N7O12. The molecule has 0 aliphatic heterocycles. The van der Waals surface area contributed by atoms with Crippen molar-refractivity contribution in [3.8, 4) is 17.1 Å². The normalized spacial score (nSPS) is 14.2. The number of nitrogens with zero attached hydrogens (tertiary/aromatic N) is 5. The van der Waals surface area contributed by atoms with Gasteiger partial charge in [0.2, 0.25) is 12.5 Å². The highest BCUT2D eigenvalue weighted by Crippen LogP contribution is 2.29. The van der Waals surface area contributed by atoms with Crippen molar-refractivity contribution in [1.29, 1.82) is 0 Å². The van der Waals surface area contributed by atoms with E-state index in [0.717, 1.165) is 53.9 Å². The number of carbonyl (C=O) groups excluding carboxylic acids is 3. The van der Waals surface area contributed by atoms with Crippen molar-refractivity contribution in [1.82, 2.24) is 14.7 Å². The second kappa shape index (κ2) is 20.5. The Kier molecular flexibility index (Phi) is 15.0. The Bertz CT molecular complexity index is 2070. The third-order valence-corrected chi connectivity index (χ3v) is 8.95. The molecule has 4 N–H and O–H groups in total. The summed E-state index contributed by atoms with van der Waals surface area (Å²) >= 11 is 0. The summed E-state index contributed by atoms with van der Waals surface area (Å²) < 4.78 is 33.8. The van der Waals surface area contributed by atoms with Crippen molar-refractivity contribution in [2.75, 3.05) is 19.8 Å². The van der Waals surface area contributed by atoms with Gasteiger partial charge >= 0.3 is 18.3 Å². The highest BCUT2D eigenvalue weighted by Gasteiger charge is 2.25. The van der Waals surface area contributed by atoms with Gasteiger partial charge in [0, 0.05) is 18.9 Å². The standard InChI is InChI=1S/C39H47N7O12/c1-4-52-37-42-33-17-10-16-32(36(47)56-26(3)57-39(49)58-29-12-6-5-7-13-29)34(33)44(37)24-27-18-20-28(21-19-27)30-14-8-9-15-31(30)35(40)43-45(41)25(2)55-38(48)53-22-11-23-54-46(50)51/h8-10,14-21,25-26,29H,4-7,11-13,22-24,41H2,1-3H3,(H2,40,43). The van der Waals surface area contributed by atoms with Crippen LogP contribution in [0.3, 0.4) is 0 Å². The first-order valence-corrected chi connectivity index (χ1v) is 18.8. The van der Waals surface area contributed by atoms with E-state index in [1.165, 1.54) is 13.8 Å². The van der Waals surface area contributed by atoms with E-state index in [1.807, 2.05) is 43.3 Å². The molecular weight excluding hydrogens is 758 g/mol. The number of aromatic nitrogens is 2. The van der Waals surface area contributed by atoms with Gasteiger partial charge in [0.1, 0.15) is 6.10 Å². The number of esters is 1. The van der Waals surface area contributed by atoms with Crippen LogP contribution >= 0.6 is 0 Å². The van der Waals surface area contributed by atoms with Gasteiger partial charge in [0.05, 0.1) is 43.0 Å². The number of carbonyl (C=O) groups is 3. The van der Waals surface area contributed by atoms with E-state index in [0.29, 0.717) is 29.2 Å². The van der Waals surface area contributed by atoms with Crippen molar-refractivity contribution in [2.45, 2.75) is 84.5 Å². The summed E-state index contributed by atoms with van der Waals surface area (Å²) in [4.78, 5) is 56.9. The first-order chi connectivity index (χ1) is 27.9. The highest BCUT2D eigenvalue weighted by atomic mass is 16.9. The molecule has 2 atom stereocenters. The van der Waals surface area contributed by atoms with Crippen molar-refractivity contribution < 1.29 is 52.7 Å². The first-order valence-electron chi connectivity index (χ1n) is 18.8. The van der Waals surface area contributed by atoms with Gasteiger partial charge in [-0.15, -0.1) is 15.2 Å². The van der Waals surface area contributed by atoms with Crippen LogP contribution in [0.5, 0.6) is 6.01 Å². The van der Waals surface area contributed by atoms with Crippen LogP contribution in [-0.2, 0) is 35.1 Å². The molecule has 19 heteroatoms. The van der Waals surface area contributed by atoms with Gasteiger partial charge in [-0.2, -0.15) is 10.1 Å². The Morgan fingerprint density at radius 2 is 1.67 bits per heavy atom. The van der Waals surface area contributed by atoms with Crippen LogP contribution in [0.25, 0.3) is 22.2 Å². The van der Waals surface area contributed by atoms with Crippen molar-refractivity contribution in [2.24, 2.45) is 16.7 Å². The number of hydrogen-bond acceptors (Lipinski definition) is 16. The molecule has 0 amide bonds. The number of fused-ring (bicyclic) bond motifs is 1. The molecule has 1 fully saturated rings. The van der Waals surface area contributed by atoms with Crippen molar-refractivity contribution in [3.05, 3.63) is 93.5 Å². The topological polar surface area (TPSA) is 244 Å². The van der Waals surface area contributed by atoms with Gasteiger partial charge in [-0.05, 0) is 68.4 Å². The smallest absolute Gasteiger partial charge is 0.465 e. The number of hydrogen-bond donors (Lipinski definition) is 2. The average molecular weight is 806 g/mol. The minimum Gasteiger partial charge on any atom is -0.465 e. The van der Waals surface area contributed by atoms with Crippen LogP contribution in [-0.4, -0.2) is 82.3 Å². The zero-order valence-electron chi connectivity index (χ0n) is 32.4. The lowest BCUT2D eigenvalue weighted by atomic mass is 9.98. The Labute approximate surface area is 333 Å². The molecule has 1 heterocycles. The molecule has 310 valence electrons. The third kappa shape index (κ3) is 11.7. The maximum absolute atomic E-state index is 13.5. The maximum Gasteiger partial charge on any atom is 0.511 e. The van der Waals surface area contributed by atoms with Crippen molar-refractivity contribution >= 4 is 35.1 Å². The predicted octanol–water partition coefficient (Wildman–Crippen LogP) is 6.03. The van der Waals surface area contributed by atoms with Crippen molar-refractivity contribution in [3.63, 3.8) is 0 Å². The molecule has 0 radical (unpaired) electrons. The van der Waals surface area contributed by atoms with E-state index >= 15 is 0 Å². The second-order valence-electron chi connectivity index (χ2n) is 13.1. The van der Waals surface area contributed by atoms with Gasteiger partial charge in [0.15, 0.2) is 5.84 Å². The highest BCUT2D eigenvalue weighted by molar-refractivity contribution is 6.03. The van der Waals surface area contributed by atoms with E-state index in [-0.39, 0.29) is 43.7 Å². The number of imidazole rings is 1. The van der Waals surface area contributed by atoms with E-state index in [1.54, 1.807) is 34.9 Å². The summed E-state index contributed by atoms with van der Waals surface area (Å²) in [6, 6.07) is 20.3. The van der Waals surface area contributed by atoms with Gasteiger partial charge in [-0.3, -0.25) is 4.57 Å². The molecule has 0 spiro atoms. The molecule has 1 saturated carbocycles. The fraction of sp³-hybridized carbons (Fsp3) is 0.410. The summed E-state index contributed by atoms with van der Waals surface area (Å²) in [5.41, 5.74) is 10.5. The Morgan fingerprint density at radius 1 is 0.948 bits per heavy atom. The van der Waals surface area contributed by atoms with Crippen LogP contribution < -0.4 is 16.3 Å². The number of amidine groups is 1. The molecule has 0 saturated heterocycles. The number of benzene rings is 3. The molecule has 2 unspecified atom stereocenters. The lowest BCUT2D eigenvalue weighted by Crippen LogP contribution is -2.40. The van der Waals surface area contributed by atoms with E-state index in [4.69, 9.17) is 40.0 Å². The second-order valence-corrected chi connectivity index (χ2v) is 13.1. The maximum atomic E-state index is 13.5. The van der Waals surface area contributed by atoms with E-state index in [2.05, 4.69) is 14.9 Å². The Morgan fingerprint density at radius 3 is 2.40 bits per heavy atom. The molecule has 4 aromatic rings. The van der Waals surface area contributed by atoms with Crippen LogP contribution in [0.15, 0.2) is 71.8 Å². The summed E-state index contributed by atoms with van der Waals surface area (Å²) in [5, 5.41) is 14.3. The molecule has 0 bridgehead atoms. The van der Waals surface area contributed by atoms with Crippen LogP contribution in [0.2, 0.25) is 0 Å². The van der Waals surface area contributed by atoms with Gasteiger partial charge in [-0.1, -0.05) is 61.0 Å². The largest absolute Gasteiger partial charge is 0.511 e. The van der Waals surface area contributed by atoms with Gasteiger partial charge in [0.25, 0.3) is 11.1 Å². The molecule has 1 aromatic heterocycles. The fourth-order valence-electron chi connectivity index (χ4n) is 6.21. The summed E-state index contributed by atoms with van der Waals surface area (Å²) in [6.07, 6.45) is 0.301. The predicted molar refractivity (Wildman–Crippen MR) is 207 cm³/mol. The van der Waals surface area contributed by atoms with E-state index < -0.39 is 35.9 Å². The number of para-hydroxylation sites is 1. The molecule has 19 nitrogen and oxygen atoms in total. The molecule has 58 heavy (non-hydrogen) atoms. The summed E-state index contributed by atoms with van der Waals surface area (Å²) in [6.45, 7) is 4.94. The molecule has 1 aliphatic rings. The van der Waals surface area contributed by atoms with E-state index in [9.17, 15) is 24.5 Å².